The van der Waals surface area contributed by atoms with Crippen LogP contribution in [0, 0.1) is 25.7 Å². The minimum Gasteiger partial charge on any atom is -0.481 e. The van der Waals surface area contributed by atoms with E-state index in [9.17, 15) is 4.79 Å². The van der Waals surface area contributed by atoms with E-state index in [0.717, 1.165) is 12.8 Å². The van der Waals surface area contributed by atoms with E-state index in [4.69, 9.17) is 10.8 Å². The van der Waals surface area contributed by atoms with Gasteiger partial charge in [-0.25, -0.2) is 0 Å². The Bertz CT molecular complexity index is 429. The topological polar surface area (TPSA) is 63.3 Å². The van der Waals surface area contributed by atoms with Crippen LogP contribution in [0.2, 0.25) is 0 Å². The summed E-state index contributed by atoms with van der Waals surface area (Å²) in [7, 11) is 0. The number of rotatable bonds is 7. The molecule has 0 aliphatic carbocycles. The van der Waals surface area contributed by atoms with Gasteiger partial charge in [-0.15, -0.1) is 0 Å². The van der Waals surface area contributed by atoms with E-state index in [2.05, 4.69) is 39.0 Å². The van der Waals surface area contributed by atoms with Crippen LogP contribution in [-0.2, 0) is 11.2 Å². The summed E-state index contributed by atoms with van der Waals surface area (Å²) in [4.78, 5) is 10.9. The molecule has 1 aromatic rings. The first-order valence-electron chi connectivity index (χ1n) is 6.93. The van der Waals surface area contributed by atoms with Gasteiger partial charge in [0.05, 0.1) is 5.92 Å². The third-order valence-corrected chi connectivity index (χ3v) is 3.82. The lowest BCUT2D eigenvalue weighted by atomic mass is 9.90. The van der Waals surface area contributed by atoms with Gasteiger partial charge < -0.3 is 10.8 Å². The molecular formula is C16H25NO2. The predicted molar refractivity (Wildman–Crippen MR) is 78.2 cm³/mol. The second-order valence-corrected chi connectivity index (χ2v) is 5.57. The van der Waals surface area contributed by atoms with Gasteiger partial charge in [0.2, 0.25) is 0 Å². The Morgan fingerprint density at radius 2 is 2.00 bits per heavy atom. The van der Waals surface area contributed by atoms with E-state index >= 15 is 0 Å². The molecule has 0 spiro atoms. The van der Waals surface area contributed by atoms with Crippen molar-refractivity contribution in [2.45, 2.75) is 40.0 Å². The van der Waals surface area contributed by atoms with E-state index in [1.165, 1.54) is 16.7 Å². The maximum Gasteiger partial charge on any atom is 0.307 e. The summed E-state index contributed by atoms with van der Waals surface area (Å²) < 4.78 is 0. The van der Waals surface area contributed by atoms with Gasteiger partial charge in [0, 0.05) is 6.54 Å². The molecule has 1 rings (SSSR count). The van der Waals surface area contributed by atoms with E-state index in [1.807, 2.05) is 0 Å². The van der Waals surface area contributed by atoms with Crippen LogP contribution in [0.15, 0.2) is 18.2 Å². The van der Waals surface area contributed by atoms with Crippen LogP contribution < -0.4 is 5.73 Å². The van der Waals surface area contributed by atoms with E-state index in [0.29, 0.717) is 12.3 Å². The number of hydrogen-bond donors (Lipinski definition) is 2. The van der Waals surface area contributed by atoms with Crippen molar-refractivity contribution in [2.75, 3.05) is 6.54 Å². The number of carbonyl (C=O) groups is 1. The van der Waals surface area contributed by atoms with Crippen molar-refractivity contribution in [3.8, 4) is 0 Å². The highest BCUT2D eigenvalue weighted by molar-refractivity contribution is 5.70. The number of hydrogen-bond acceptors (Lipinski definition) is 2. The summed E-state index contributed by atoms with van der Waals surface area (Å²) in [5, 5.41) is 8.99. The van der Waals surface area contributed by atoms with Crippen LogP contribution in [0.1, 0.15) is 36.5 Å². The molecule has 3 N–H and O–H groups in total. The van der Waals surface area contributed by atoms with Crippen molar-refractivity contribution in [3.05, 3.63) is 34.9 Å². The molecule has 0 saturated heterocycles. The Balaban J connectivity index is 2.47. The Morgan fingerprint density at radius 1 is 1.32 bits per heavy atom. The summed E-state index contributed by atoms with van der Waals surface area (Å²) in [6, 6.07) is 6.53. The molecule has 0 aliphatic heterocycles. The van der Waals surface area contributed by atoms with E-state index in [1.54, 1.807) is 0 Å². The van der Waals surface area contributed by atoms with Gasteiger partial charge in [-0.05, 0) is 55.7 Å². The third-order valence-electron chi connectivity index (χ3n) is 3.82. The molecule has 1 aromatic carbocycles. The molecule has 0 amide bonds. The smallest absolute Gasteiger partial charge is 0.307 e. The average Bonchev–Trinajstić information content (AvgIpc) is 2.37. The van der Waals surface area contributed by atoms with Gasteiger partial charge in [0.1, 0.15) is 0 Å². The summed E-state index contributed by atoms with van der Waals surface area (Å²) in [6.45, 7) is 6.56. The van der Waals surface area contributed by atoms with Crippen LogP contribution in [0.5, 0.6) is 0 Å². The first-order valence-corrected chi connectivity index (χ1v) is 6.93. The highest BCUT2D eigenvalue weighted by Gasteiger charge is 2.18. The SMILES string of the molecule is Cc1ccc(CCC(C)CC(CN)C(=O)O)cc1C. The molecule has 0 radical (unpaired) electrons. The molecule has 0 saturated carbocycles. The normalized spacial score (nSPS) is 14.1. The highest BCUT2D eigenvalue weighted by atomic mass is 16.4. The standard InChI is InChI=1S/C16H25NO2/c1-11(8-15(10-17)16(18)19)4-6-14-7-5-12(2)13(3)9-14/h5,7,9,11,15H,4,6,8,10,17H2,1-3H3,(H,18,19). The second kappa shape index (κ2) is 7.29. The minimum absolute atomic E-state index is 0.226. The van der Waals surface area contributed by atoms with Gasteiger partial charge in [-0.2, -0.15) is 0 Å². The molecule has 0 fully saturated rings. The Morgan fingerprint density at radius 3 is 2.53 bits per heavy atom. The maximum absolute atomic E-state index is 10.9. The summed E-state index contributed by atoms with van der Waals surface area (Å²) in [5.41, 5.74) is 9.44. The number of carboxylic acids is 1. The quantitative estimate of drug-likeness (QED) is 0.795. The molecule has 0 heterocycles. The largest absolute Gasteiger partial charge is 0.481 e. The van der Waals surface area contributed by atoms with Crippen LogP contribution in [-0.4, -0.2) is 17.6 Å². The van der Waals surface area contributed by atoms with Crippen molar-refractivity contribution in [1.82, 2.24) is 0 Å². The van der Waals surface area contributed by atoms with Gasteiger partial charge in [0.25, 0.3) is 0 Å². The van der Waals surface area contributed by atoms with Gasteiger partial charge >= 0.3 is 5.97 Å². The molecule has 0 aliphatic rings. The van der Waals surface area contributed by atoms with Crippen molar-refractivity contribution in [2.24, 2.45) is 17.6 Å². The zero-order valence-electron chi connectivity index (χ0n) is 12.1. The molecule has 3 heteroatoms. The van der Waals surface area contributed by atoms with Crippen molar-refractivity contribution >= 4 is 5.97 Å². The third kappa shape index (κ3) is 5.03. The minimum atomic E-state index is -0.777. The zero-order chi connectivity index (χ0) is 14.4. The first-order chi connectivity index (χ1) is 8.93. The molecule has 106 valence electrons. The van der Waals surface area contributed by atoms with E-state index < -0.39 is 11.9 Å². The number of aliphatic carboxylic acids is 1. The molecule has 3 nitrogen and oxygen atoms in total. The fraction of sp³-hybridized carbons (Fsp3) is 0.562. The predicted octanol–water partition coefficient (Wildman–Crippen LogP) is 2.92. The Kier molecular flexibility index (Phi) is 6.03. The van der Waals surface area contributed by atoms with Crippen molar-refractivity contribution in [1.29, 1.82) is 0 Å². The zero-order valence-corrected chi connectivity index (χ0v) is 12.1. The first kappa shape index (κ1) is 15.7. The lowest BCUT2D eigenvalue weighted by Crippen LogP contribution is -2.25. The van der Waals surface area contributed by atoms with Crippen molar-refractivity contribution < 1.29 is 9.90 Å². The summed E-state index contributed by atoms with van der Waals surface area (Å²) in [6.07, 6.45) is 2.67. The fourth-order valence-corrected chi connectivity index (χ4v) is 2.27. The molecular weight excluding hydrogens is 238 g/mol. The molecule has 0 aromatic heterocycles. The Labute approximate surface area is 115 Å². The number of nitrogens with two attached hydrogens (primary N) is 1. The van der Waals surface area contributed by atoms with Gasteiger partial charge in [-0.3, -0.25) is 4.79 Å². The monoisotopic (exact) mass is 263 g/mol. The van der Waals surface area contributed by atoms with Crippen LogP contribution >= 0.6 is 0 Å². The maximum atomic E-state index is 10.9. The van der Waals surface area contributed by atoms with Crippen molar-refractivity contribution in [3.63, 3.8) is 0 Å². The lowest BCUT2D eigenvalue weighted by molar-refractivity contribution is -0.141. The summed E-state index contributed by atoms with van der Waals surface area (Å²) >= 11 is 0. The second-order valence-electron chi connectivity index (χ2n) is 5.57. The van der Waals surface area contributed by atoms with Gasteiger partial charge in [-0.1, -0.05) is 25.1 Å². The molecule has 19 heavy (non-hydrogen) atoms. The average molecular weight is 263 g/mol. The van der Waals surface area contributed by atoms with Gasteiger partial charge in [0.15, 0.2) is 0 Å². The molecule has 2 atom stereocenters. The van der Waals surface area contributed by atoms with Crippen LogP contribution in [0.4, 0.5) is 0 Å². The Hall–Kier alpha value is -1.35. The number of carboxylic acid groups (broad SMARTS) is 1. The van der Waals surface area contributed by atoms with E-state index in [-0.39, 0.29) is 6.54 Å². The fourth-order valence-electron chi connectivity index (χ4n) is 2.27. The number of aryl methyl sites for hydroxylation is 3. The number of benzene rings is 1. The highest BCUT2D eigenvalue weighted by Crippen LogP contribution is 2.19. The van der Waals surface area contributed by atoms with Crippen LogP contribution in [0.25, 0.3) is 0 Å². The lowest BCUT2D eigenvalue weighted by Gasteiger charge is -2.16. The van der Waals surface area contributed by atoms with Crippen LogP contribution in [0.3, 0.4) is 0 Å². The molecule has 0 bridgehead atoms. The molecule has 2 unspecified atom stereocenters. The summed E-state index contributed by atoms with van der Waals surface area (Å²) in [5.74, 6) is -0.804.